The molecule has 0 aliphatic rings. The van der Waals surface area contributed by atoms with Crippen molar-refractivity contribution in [1.82, 2.24) is 20.0 Å². The van der Waals surface area contributed by atoms with Crippen LogP contribution in [0.5, 0.6) is 0 Å². The van der Waals surface area contributed by atoms with Crippen molar-refractivity contribution in [3.05, 3.63) is 33.3 Å². The van der Waals surface area contributed by atoms with Gasteiger partial charge in [0, 0.05) is 25.2 Å². The first kappa shape index (κ1) is 14.0. The van der Waals surface area contributed by atoms with Crippen molar-refractivity contribution in [3.63, 3.8) is 0 Å². The number of H-pyrrole nitrogens is 1. The number of nitrogens with zero attached hydrogens (tertiary/aromatic N) is 4. The van der Waals surface area contributed by atoms with Crippen LogP contribution in [0, 0.1) is 24.0 Å². The van der Waals surface area contributed by atoms with Gasteiger partial charge in [0.1, 0.15) is 5.69 Å². The minimum Gasteiger partial charge on any atom is -0.362 e. The number of aromatic nitrogens is 4. The number of anilines is 1. The lowest BCUT2D eigenvalue weighted by molar-refractivity contribution is -0.384. The van der Waals surface area contributed by atoms with Gasteiger partial charge in [0.05, 0.1) is 10.6 Å². The van der Waals surface area contributed by atoms with E-state index in [1.165, 1.54) is 4.68 Å². The molecule has 0 saturated heterocycles. The molecule has 2 N–H and O–H groups in total. The maximum atomic E-state index is 11.1. The molecule has 2 heterocycles. The maximum Gasteiger partial charge on any atom is 0.333 e. The number of hydrogen-bond acceptors (Lipinski definition) is 5. The van der Waals surface area contributed by atoms with Crippen molar-refractivity contribution in [2.75, 3.05) is 5.32 Å². The summed E-state index contributed by atoms with van der Waals surface area (Å²) < 4.78 is 1.50. The summed E-state index contributed by atoms with van der Waals surface area (Å²) in [5.41, 5.74) is 2.35. The molecule has 1 atom stereocenters. The van der Waals surface area contributed by atoms with Crippen LogP contribution in [0.3, 0.4) is 0 Å². The molecule has 8 heteroatoms. The Labute approximate surface area is 116 Å². The summed E-state index contributed by atoms with van der Waals surface area (Å²) in [6.45, 7) is 5.52. The number of nitrogens with one attached hydrogen (secondary N) is 2. The monoisotopic (exact) mass is 278 g/mol. The zero-order chi connectivity index (χ0) is 14.9. The molecule has 0 fully saturated rings. The van der Waals surface area contributed by atoms with Crippen LogP contribution in [-0.4, -0.2) is 30.9 Å². The second-order valence-electron chi connectivity index (χ2n) is 4.96. The molecule has 1 unspecified atom stereocenters. The summed E-state index contributed by atoms with van der Waals surface area (Å²) in [6, 6.07) is 1.97. The van der Waals surface area contributed by atoms with Crippen LogP contribution in [0.15, 0.2) is 6.07 Å². The summed E-state index contributed by atoms with van der Waals surface area (Å²) in [5, 5.41) is 25.4. The topological polar surface area (TPSA) is 102 Å². The summed E-state index contributed by atoms with van der Waals surface area (Å²) in [7, 11) is 1.69. The minimum absolute atomic E-state index is 0.00574. The lowest BCUT2D eigenvalue weighted by atomic mass is 10.2. The average molecular weight is 278 g/mol. The van der Waals surface area contributed by atoms with Crippen LogP contribution < -0.4 is 5.32 Å². The van der Waals surface area contributed by atoms with E-state index in [2.05, 4.69) is 20.6 Å². The Bertz CT molecular complexity index is 630. The predicted molar refractivity (Wildman–Crippen MR) is 74.7 cm³/mol. The van der Waals surface area contributed by atoms with Gasteiger partial charge in [-0.15, -0.1) is 0 Å². The number of nitro groups is 1. The van der Waals surface area contributed by atoms with Crippen molar-refractivity contribution in [2.45, 2.75) is 33.2 Å². The van der Waals surface area contributed by atoms with E-state index in [0.29, 0.717) is 17.9 Å². The fourth-order valence-electron chi connectivity index (χ4n) is 2.20. The van der Waals surface area contributed by atoms with Gasteiger partial charge in [0.2, 0.25) is 5.82 Å². The average Bonchev–Trinajstić information content (AvgIpc) is 2.83. The molecule has 2 aromatic heterocycles. The molecular weight excluding hydrogens is 260 g/mol. The van der Waals surface area contributed by atoms with Gasteiger partial charge in [-0.3, -0.25) is 15.2 Å². The highest BCUT2D eigenvalue weighted by molar-refractivity contribution is 5.59. The van der Waals surface area contributed by atoms with Crippen LogP contribution in [0.2, 0.25) is 0 Å². The molecular formula is C12H18N6O2. The van der Waals surface area contributed by atoms with Gasteiger partial charge < -0.3 is 5.32 Å². The van der Waals surface area contributed by atoms with Crippen molar-refractivity contribution < 1.29 is 4.92 Å². The van der Waals surface area contributed by atoms with Crippen molar-refractivity contribution in [2.24, 2.45) is 7.05 Å². The smallest absolute Gasteiger partial charge is 0.333 e. The first-order chi connectivity index (χ1) is 9.38. The molecule has 0 aliphatic heterocycles. The molecule has 2 aromatic rings. The fraction of sp³-hybridized carbons (Fsp3) is 0.500. The Balaban J connectivity index is 2.15. The molecule has 20 heavy (non-hydrogen) atoms. The van der Waals surface area contributed by atoms with Gasteiger partial charge in [0.25, 0.3) is 0 Å². The largest absolute Gasteiger partial charge is 0.362 e. The minimum atomic E-state index is -0.407. The third-order valence-corrected chi connectivity index (χ3v) is 3.03. The number of hydrogen-bond donors (Lipinski definition) is 2. The normalized spacial score (nSPS) is 12.4. The number of rotatable bonds is 5. The molecule has 0 bridgehead atoms. The van der Waals surface area contributed by atoms with Crippen LogP contribution >= 0.6 is 0 Å². The zero-order valence-electron chi connectivity index (χ0n) is 12.0. The molecule has 108 valence electrons. The Hall–Kier alpha value is -2.38. The SMILES string of the molecule is Cc1cc(CC(C)Nc2c([N+](=O)[O-])c(C)nn2C)n[nH]1. The molecule has 0 aromatic carbocycles. The van der Waals surface area contributed by atoms with Gasteiger partial charge in [-0.05, 0) is 26.8 Å². The Morgan fingerprint density at radius 1 is 1.55 bits per heavy atom. The maximum absolute atomic E-state index is 11.1. The van der Waals surface area contributed by atoms with Crippen molar-refractivity contribution in [3.8, 4) is 0 Å². The van der Waals surface area contributed by atoms with Crippen molar-refractivity contribution >= 4 is 11.5 Å². The zero-order valence-corrected chi connectivity index (χ0v) is 12.0. The summed E-state index contributed by atoms with van der Waals surface area (Å²) >= 11 is 0. The summed E-state index contributed by atoms with van der Waals surface area (Å²) in [6.07, 6.45) is 0.672. The van der Waals surface area contributed by atoms with Gasteiger partial charge in [-0.25, -0.2) is 4.68 Å². The van der Waals surface area contributed by atoms with E-state index >= 15 is 0 Å². The Kier molecular flexibility index (Phi) is 3.73. The highest BCUT2D eigenvalue weighted by Crippen LogP contribution is 2.28. The van der Waals surface area contributed by atoms with Crippen LogP contribution in [-0.2, 0) is 13.5 Å². The van der Waals surface area contributed by atoms with E-state index in [9.17, 15) is 10.1 Å². The van der Waals surface area contributed by atoms with Gasteiger partial charge in [0.15, 0.2) is 0 Å². The lowest BCUT2D eigenvalue weighted by Crippen LogP contribution is -2.20. The highest BCUT2D eigenvalue weighted by atomic mass is 16.6. The van der Waals surface area contributed by atoms with E-state index < -0.39 is 4.92 Å². The van der Waals surface area contributed by atoms with E-state index in [1.54, 1.807) is 14.0 Å². The van der Waals surface area contributed by atoms with Gasteiger partial charge >= 0.3 is 5.69 Å². The van der Waals surface area contributed by atoms with E-state index in [-0.39, 0.29) is 11.7 Å². The van der Waals surface area contributed by atoms with E-state index in [1.807, 2.05) is 19.9 Å². The summed E-state index contributed by atoms with van der Waals surface area (Å²) in [4.78, 5) is 10.7. The molecule has 2 rings (SSSR count). The predicted octanol–water partition coefficient (Wildman–Crippen LogP) is 1.71. The lowest BCUT2D eigenvalue weighted by Gasteiger charge is -2.13. The standard InChI is InChI=1S/C12H18N6O2/c1-7(5-10-6-8(2)14-15-10)13-12-11(18(19)20)9(3)16-17(12)4/h6-7,13H,5H2,1-4H3,(H,14,15). The second kappa shape index (κ2) is 5.32. The summed E-state index contributed by atoms with van der Waals surface area (Å²) in [5.74, 6) is 0.423. The molecule has 0 aliphatic carbocycles. The van der Waals surface area contributed by atoms with Crippen molar-refractivity contribution in [1.29, 1.82) is 0 Å². The third kappa shape index (κ3) is 2.79. The van der Waals surface area contributed by atoms with Gasteiger partial charge in [-0.1, -0.05) is 0 Å². The van der Waals surface area contributed by atoms with E-state index in [0.717, 1.165) is 11.4 Å². The molecule has 0 spiro atoms. The number of aromatic amines is 1. The highest BCUT2D eigenvalue weighted by Gasteiger charge is 2.25. The quantitative estimate of drug-likeness (QED) is 0.640. The van der Waals surface area contributed by atoms with Crippen LogP contribution in [0.1, 0.15) is 24.0 Å². The molecule has 0 radical (unpaired) electrons. The van der Waals surface area contributed by atoms with Crippen LogP contribution in [0.25, 0.3) is 0 Å². The molecule has 8 nitrogen and oxygen atoms in total. The first-order valence-corrected chi connectivity index (χ1v) is 6.34. The first-order valence-electron chi connectivity index (χ1n) is 6.34. The van der Waals surface area contributed by atoms with Gasteiger partial charge in [-0.2, -0.15) is 10.2 Å². The molecule has 0 amide bonds. The van der Waals surface area contributed by atoms with E-state index in [4.69, 9.17) is 0 Å². The van der Waals surface area contributed by atoms with Crippen LogP contribution in [0.4, 0.5) is 11.5 Å². The Morgan fingerprint density at radius 3 is 2.80 bits per heavy atom. The molecule has 0 saturated carbocycles. The Morgan fingerprint density at radius 2 is 2.25 bits per heavy atom. The number of aryl methyl sites for hydroxylation is 3. The second-order valence-corrected chi connectivity index (χ2v) is 4.96. The third-order valence-electron chi connectivity index (χ3n) is 3.03. The fourth-order valence-corrected chi connectivity index (χ4v) is 2.20.